The molecule has 0 radical (unpaired) electrons. The summed E-state index contributed by atoms with van der Waals surface area (Å²) in [6.07, 6.45) is 0. The standard InChI is InChI=1S/C78H44B2F9N5S/c81-55-28-14-25-50(45-19-4-1-5-20-45)74(55)94-66-44-70-54(80-52-27-11-13-38-65(52)93(78-62(88)35-18-36-63(78)89)69-41-49(42-71(95-70)73(69)80)91(47-23-8-3-9-24-47)76-58(84)31-16-32-59(76)85)43-53(66)79-51-26-10-12-37-64(51)92(77-60(86)33-17-34-61(77)87)67-39-48(40-68(94)72(67)79)90(46-21-6-2-7-22-46)75-56(82)29-15-30-57(75)83/h1-44H. The third kappa shape index (κ3) is 9.00. The molecule has 4 heterocycles. The molecule has 0 aromatic heterocycles. The number of anilines is 15. The van der Waals surface area contributed by atoms with E-state index in [1.807, 2.05) is 66.7 Å². The van der Waals surface area contributed by atoms with Crippen molar-refractivity contribution in [1.82, 2.24) is 0 Å². The molecule has 0 spiro atoms. The van der Waals surface area contributed by atoms with Crippen molar-refractivity contribution in [2.75, 3.05) is 24.5 Å². The lowest BCUT2D eigenvalue weighted by Gasteiger charge is -2.46. The molecule has 0 saturated carbocycles. The second-order valence-electron chi connectivity index (χ2n) is 23.4. The van der Waals surface area contributed by atoms with Crippen LogP contribution in [-0.2, 0) is 0 Å². The molecular weight excluding hydrogens is 1230 g/mol. The molecule has 17 rings (SSSR count). The number of hydrogen-bond donors (Lipinski definition) is 0. The quantitative estimate of drug-likeness (QED) is 0.0995. The van der Waals surface area contributed by atoms with Gasteiger partial charge in [-0.25, -0.2) is 39.5 Å². The van der Waals surface area contributed by atoms with Crippen molar-refractivity contribution in [1.29, 1.82) is 0 Å². The van der Waals surface area contributed by atoms with Crippen LogP contribution in [0.2, 0.25) is 0 Å². The van der Waals surface area contributed by atoms with Crippen molar-refractivity contribution >= 4 is 143 Å². The largest absolute Gasteiger partial charge is 0.308 e. The van der Waals surface area contributed by atoms with E-state index in [9.17, 15) is 0 Å². The van der Waals surface area contributed by atoms with Crippen LogP contribution in [0.25, 0.3) is 11.1 Å². The summed E-state index contributed by atoms with van der Waals surface area (Å²) in [6.45, 7) is -1.59. The number of benzene rings is 13. The molecule has 13 aromatic carbocycles. The Hall–Kier alpha value is -11.3. The lowest BCUT2D eigenvalue weighted by Crippen LogP contribution is -2.64. The van der Waals surface area contributed by atoms with E-state index < -0.39 is 82.8 Å². The Labute approximate surface area is 544 Å². The van der Waals surface area contributed by atoms with Gasteiger partial charge in [-0.2, -0.15) is 0 Å². The molecule has 0 unspecified atom stereocenters. The van der Waals surface area contributed by atoms with Gasteiger partial charge in [-0.15, -0.1) is 0 Å². The molecule has 0 aliphatic carbocycles. The van der Waals surface area contributed by atoms with Gasteiger partial charge in [0, 0.05) is 66.5 Å². The fourth-order valence-corrected chi connectivity index (χ4v) is 15.7. The van der Waals surface area contributed by atoms with Crippen LogP contribution >= 0.6 is 11.8 Å². The summed E-state index contributed by atoms with van der Waals surface area (Å²) in [4.78, 5) is 8.81. The molecule has 456 valence electrons. The van der Waals surface area contributed by atoms with E-state index in [0.29, 0.717) is 82.4 Å². The predicted molar refractivity (Wildman–Crippen MR) is 365 cm³/mol. The summed E-state index contributed by atoms with van der Waals surface area (Å²) in [6, 6.07) is 70.9. The highest BCUT2D eigenvalue weighted by atomic mass is 32.2. The third-order valence-electron chi connectivity index (χ3n) is 18.2. The van der Waals surface area contributed by atoms with E-state index >= 15 is 39.5 Å². The highest BCUT2D eigenvalue weighted by Gasteiger charge is 2.49. The van der Waals surface area contributed by atoms with Gasteiger partial charge >= 0.3 is 0 Å². The number of hydrogen-bond acceptors (Lipinski definition) is 6. The van der Waals surface area contributed by atoms with Crippen LogP contribution in [0.5, 0.6) is 0 Å². The minimum Gasteiger partial charge on any atom is -0.308 e. The van der Waals surface area contributed by atoms with Crippen molar-refractivity contribution in [3.05, 3.63) is 319 Å². The Bertz CT molecular complexity index is 5240. The Morgan fingerprint density at radius 3 is 1.13 bits per heavy atom. The average molecular weight is 1280 g/mol. The van der Waals surface area contributed by atoms with Crippen molar-refractivity contribution < 1.29 is 39.5 Å². The third-order valence-corrected chi connectivity index (χ3v) is 19.4. The zero-order chi connectivity index (χ0) is 64.5. The average Bonchev–Trinajstić information content (AvgIpc) is 0.687. The number of nitrogens with zero attached hydrogens (tertiary/aromatic N) is 5. The highest BCUT2D eigenvalue weighted by molar-refractivity contribution is 8.00. The fraction of sp³-hybridized carbons (Fsp3) is 0. The van der Waals surface area contributed by atoms with E-state index in [0.717, 1.165) is 41.9 Å². The maximum absolute atomic E-state index is 18.4. The van der Waals surface area contributed by atoms with Gasteiger partial charge in [-0.1, -0.05) is 163 Å². The molecule has 0 fully saturated rings. The monoisotopic (exact) mass is 1280 g/mol. The van der Waals surface area contributed by atoms with E-state index in [1.54, 1.807) is 120 Å². The normalized spacial score (nSPS) is 13.0. The molecule has 0 amide bonds. The van der Waals surface area contributed by atoms with E-state index in [4.69, 9.17) is 0 Å². The molecule has 0 bridgehead atoms. The maximum atomic E-state index is 18.4. The lowest BCUT2D eigenvalue weighted by molar-refractivity contribution is 0.584. The zero-order valence-electron chi connectivity index (χ0n) is 49.6. The molecule has 0 atom stereocenters. The SMILES string of the molecule is Fc1cccc(F)c1N(c1ccccc1)c1cc2c3c(c1)N(c1c(F)cccc1F)c1ccccc1B3c1cc3c(cc1S2)N(c1c(F)cccc1-c1ccccc1)c1cc(N(c2ccccc2)c2c(F)cccc2F)cc2c1B3c1ccccc1N2c1c(F)cccc1F. The van der Waals surface area contributed by atoms with Gasteiger partial charge in [0.15, 0.2) is 0 Å². The molecule has 4 aliphatic heterocycles. The van der Waals surface area contributed by atoms with Crippen LogP contribution in [0.4, 0.5) is 125 Å². The first-order chi connectivity index (χ1) is 46.4. The number of fused-ring (bicyclic) bond motifs is 8. The second-order valence-corrected chi connectivity index (χ2v) is 24.5. The van der Waals surface area contributed by atoms with E-state index in [1.165, 1.54) is 73.8 Å². The summed E-state index contributed by atoms with van der Waals surface area (Å²) >= 11 is 1.30. The number of halogens is 9. The van der Waals surface area contributed by atoms with Crippen LogP contribution in [0, 0.1) is 52.4 Å². The Morgan fingerprint density at radius 1 is 0.263 bits per heavy atom. The van der Waals surface area contributed by atoms with Crippen LogP contribution in [-0.4, -0.2) is 13.4 Å². The first-order valence-electron chi connectivity index (χ1n) is 30.5. The van der Waals surface area contributed by atoms with E-state index in [2.05, 4.69) is 6.07 Å². The summed E-state index contributed by atoms with van der Waals surface area (Å²) < 4.78 is 153. The summed E-state index contributed by atoms with van der Waals surface area (Å²) in [7, 11) is 0. The van der Waals surface area contributed by atoms with Crippen LogP contribution in [0.15, 0.2) is 277 Å². The first kappa shape index (κ1) is 57.6. The molecular formula is C78H44B2F9N5S. The Balaban J connectivity index is 1.00. The smallest absolute Gasteiger partial charge is 0.252 e. The summed E-state index contributed by atoms with van der Waals surface area (Å²) in [5.74, 6) is -7.84. The van der Waals surface area contributed by atoms with E-state index in [-0.39, 0.29) is 34.1 Å². The van der Waals surface area contributed by atoms with Gasteiger partial charge < -0.3 is 24.5 Å². The molecule has 95 heavy (non-hydrogen) atoms. The maximum Gasteiger partial charge on any atom is 0.252 e. The highest BCUT2D eigenvalue weighted by Crippen LogP contribution is 2.54. The zero-order valence-corrected chi connectivity index (χ0v) is 50.4. The summed E-state index contributed by atoms with van der Waals surface area (Å²) in [5.41, 5.74) is 6.10. The fourth-order valence-electron chi connectivity index (χ4n) is 14.5. The first-order valence-corrected chi connectivity index (χ1v) is 31.3. The van der Waals surface area contributed by atoms with Crippen molar-refractivity contribution in [2.45, 2.75) is 9.79 Å². The van der Waals surface area contributed by atoms with Gasteiger partial charge in [0.2, 0.25) is 6.71 Å². The van der Waals surface area contributed by atoms with Crippen LogP contribution in [0.3, 0.4) is 0 Å². The predicted octanol–water partition coefficient (Wildman–Crippen LogP) is 18.4. The van der Waals surface area contributed by atoms with Crippen LogP contribution in [0.1, 0.15) is 0 Å². The van der Waals surface area contributed by atoms with Gasteiger partial charge in [-0.3, -0.25) is 0 Å². The van der Waals surface area contributed by atoms with Gasteiger partial charge in [0.05, 0.1) is 11.4 Å². The molecule has 0 saturated heterocycles. The van der Waals surface area contributed by atoms with Crippen LogP contribution < -0.4 is 57.3 Å². The molecule has 5 nitrogen and oxygen atoms in total. The van der Waals surface area contributed by atoms with Crippen molar-refractivity contribution in [3.8, 4) is 11.1 Å². The second kappa shape index (κ2) is 22.5. The Morgan fingerprint density at radius 2 is 0.642 bits per heavy atom. The van der Waals surface area contributed by atoms with Crippen molar-refractivity contribution in [2.24, 2.45) is 0 Å². The topological polar surface area (TPSA) is 16.2 Å². The van der Waals surface area contributed by atoms with Crippen molar-refractivity contribution in [3.63, 3.8) is 0 Å². The Kier molecular flexibility index (Phi) is 13.6. The summed E-state index contributed by atoms with van der Waals surface area (Å²) in [5, 5.41) is 0. The number of rotatable bonds is 10. The van der Waals surface area contributed by atoms with Gasteiger partial charge in [0.1, 0.15) is 75.1 Å². The minimum atomic E-state index is -0.921. The lowest BCUT2D eigenvalue weighted by atomic mass is 9.31. The molecule has 13 aromatic rings. The molecule has 4 aliphatic rings. The minimum absolute atomic E-state index is 0.0604. The molecule has 0 N–H and O–H groups in total. The molecule has 17 heteroatoms. The van der Waals surface area contributed by atoms with Gasteiger partial charge in [-0.05, 0) is 154 Å². The number of para-hydroxylation sites is 9. The van der Waals surface area contributed by atoms with Gasteiger partial charge in [0.25, 0.3) is 6.71 Å².